The molecule has 1 aliphatic heterocycles. The van der Waals surface area contributed by atoms with Crippen LogP contribution in [0.25, 0.3) is 0 Å². The molecule has 1 fully saturated rings. The van der Waals surface area contributed by atoms with Crippen molar-refractivity contribution in [3.63, 3.8) is 0 Å². The fourth-order valence-electron chi connectivity index (χ4n) is 3.60. The van der Waals surface area contributed by atoms with Gasteiger partial charge >= 0.3 is 0 Å². The van der Waals surface area contributed by atoms with Gasteiger partial charge in [-0.3, -0.25) is 9.59 Å². The summed E-state index contributed by atoms with van der Waals surface area (Å²) in [4.78, 5) is 35.5. The lowest BCUT2D eigenvalue weighted by Crippen LogP contribution is -2.43. The summed E-state index contributed by atoms with van der Waals surface area (Å²) in [6.07, 6.45) is 4.39. The molecule has 1 saturated heterocycles. The zero-order valence-corrected chi connectivity index (χ0v) is 20.2. The summed E-state index contributed by atoms with van der Waals surface area (Å²) in [5, 5.41) is 6.95. The van der Waals surface area contributed by atoms with Crippen molar-refractivity contribution in [2.24, 2.45) is 0 Å². The Bertz CT molecular complexity index is 1190. The summed E-state index contributed by atoms with van der Waals surface area (Å²) >= 11 is 7.41. The normalized spacial score (nSPS) is 15.5. The number of benzene rings is 1. The summed E-state index contributed by atoms with van der Waals surface area (Å²) < 4.78 is 6.02. The summed E-state index contributed by atoms with van der Waals surface area (Å²) in [6, 6.07) is 10.8. The van der Waals surface area contributed by atoms with Crippen molar-refractivity contribution in [2.45, 2.75) is 25.9 Å². The SMILES string of the molecule is C=CC(=O)N1CCC[C@H](Oc2cccc(Nc3ncc(C(=O)Nc4c(C)cccc4Cl)s3)n2)C1. The molecule has 34 heavy (non-hydrogen) atoms. The van der Waals surface area contributed by atoms with Crippen molar-refractivity contribution in [1.29, 1.82) is 0 Å². The number of carbonyl (C=O) groups excluding carboxylic acids is 2. The third kappa shape index (κ3) is 5.73. The van der Waals surface area contributed by atoms with Crippen molar-refractivity contribution >= 4 is 51.4 Å². The number of amides is 2. The number of ether oxygens (including phenoxy) is 1. The minimum Gasteiger partial charge on any atom is -0.472 e. The zero-order valence-electron chi connectivity index (χ0n) is 18.6. The fourth-order valence-corrected chi connectivity index (χ4v) is 4.58. The van der Waals surface area contributed by atoms with Gasteiger partial charge in [-0.05, 0) is 43.5 Å². The summed E-state index contributed by atoms with van der Waals surface area (Å²) in [5.74, 6) is 0.606. The average molecular weight is 498 g/mol. The Morgan fingerprint density at radius 1 is 1.29 bits per heavy atom. The number of thiazole rings is 1. The predicted octanol–water partition coefficient (Wildman–Crippen LogP) is 5.05. The van der Waals surface area contributed by atoms with Crippen LogP contribution in [0, 0.1) is 6.92 Å². The third-order valence-electron chi connectivity index (χ3n) is 5.30. The van der Waals surface area contributed by atoms with Crippen LogP contribution in [0.15, 0.2) is 55.3 Å². The largest absolute Gasteiger partial charge is 0.472 e. The lowest BCUT2D eigenvalue weighted by atomic mass is 10.1. The van der Waals surface area contributed by atoms with E-state index >= 15 is 0 Å². The van der Waals surface area contributed by atoms with Crippen molar-refractivity contribution in [1.82, 2.24) is 14.9 Å². The van der Waals surface area contributed by atoms with Gasteiger partial charge in [-0.2, -0.15) is 4.98 Å². The Morgan fingerprint density at radius 3 is 2.91 bits per heavy atom. The Kier molecular flexibility index (Phi) is 7.44. The average Bonchev–Trinajstić information content (AvgIpc) is 3.30. The number of para-hydroxylation sites is 1. The Morgan fingerprint density at radius 2 is 2.12 bits per heavy atom. The molecule has 1 atom stereocenters. The van der Waals surface area contributed by atoms with E-state index < -0.39 is 0 Å². The molecule has 1 aliphatic rings. The number of nitrogens with one attached hydrogen (secondary N) is 2. The first-order valence-corrected chi connectivity index (χ1v) is 12.0. The Hall–Kier alpha value is -3.43. The maximum absolute atomic E-state index is 12.7. The highest BCUT2D eigenvalue weighted by atomic mass is 35.5. The number of pyridine rings is 1. The molecule has 3 heterocycles. The molecular weight excluding hydrogens is 474 g/mol. The number of carbonyl (C=O) groups is 2. The van der Waals surface area contributed by atoms with Gasteiger partial charge in [0.05, 0.1) is 23.5 Å². The number of rotatable bonds is 7. The van der Waals surface area contributed by atoms with E-state index in [4.69, 9.17) is 16.3 Å². The molecule has 4 rings (SSSR count). The minimum atomic E-state index is -0.289. The number of likely N-dealkylation sites (tertiary alicyclic amines) is 1. The van der Waals surface area contributed by atoms with Crippen LogP contribution in [0.2, 0.25) is 5.02 Å². The first-order valence-electron chi connectivity index (χ1n) is 10.8. The number of hydrogen-bond donors (Lipinski definition) is 2. The van der Waals surface area contributed by atoms with E-state index in [1.807, 2.05) is 25.1 Å². The lowest BCUT2D eigenvalue weighted by molar-refractivity contribution is -0.128. The molecule has 0 saturated carbocycles. The second-order valence-corrected chi connectivity index (χ2v) is 9.21. The standard InChI is InChI=1S/C24H24ClN5O3S/c1-3-21(31)30-12-6-8-16(14-30)33-20-11-5-10-19(27-20)28-24-26-13-18(34-24)23(32)29-22-15(2)7-4-9-17(22)25/h3-5,7,9-11,13,16H,1,6,8,12,14H2,2H3,(H,29,32)(H,26,27,28)/t16-/m0/s1. The number of hydrogen-bond acceptors (Lipinski definition) is 7. The zero-order chi connectivity index (χ0) is 24.1. The number of aryl methyl sites for hydroxylation is 1. The van der Waals surface area contributed by atoms with Gasteiger partial charge in [0.25, 0.3) is 5.91 Å². The molecule has 0 spiro atoms. The smallest absolute Gasteiger partial charge is 0.267 e. The summed E-state index contributed by atoms with van der Waals surface area (Å²) in [7, 11) is 0. The molecule has 10 heteroatoms. The minimum absolute atomic E-state index is 0.0926. The van der Waals surface area contributed by atoms with Gasteiger partial charge in [-0.1, -0.05) is 47.7 Å². The van der Waals surface area contributed by atoms with Crippen LogP contribution in [0.4, 0.5) is 16.6 Å². The van der Waals surface area contributed by atoms with E-state index in [9.17, 15) is 9.59 Å². The van der Waals surface area contributed by atoms with Gasteiger partial charge in [0.2, 0.25) is 11.8 Å². The molecule has 2 amide bonds. The van der Waals surface area contributed by atoms with Crippen LogP contribution >= 0.6 is 22.9 Å². The lowest BCUT2D eigenvalue weighted by Gasteiger charge is -2.31. The van der Waals surface area contributed by atoms with Gasteiger partial charge in [0.15, 0.2) is 5.13 Å². The van der Waals surface area contributed by atoms with Crippen LogP contribution in [0.3, 0.4) is 0 Å². The topological polar surface area (TPSA) is 96.5 Å². The van der Waals surface area contributed by atoms with E-state index in [2.05, 4.69) is 27.2 Å². The highest BCUT2D eigenvalue weighted by molar-refractivity contribution is 7.17. The monoisotopic (exact) mass is 497 g/mol. The van der Waals surface area contributed by atoms with Gasteiger partial charge in [-0.15, -0.1) is 0 Å². The highest BCUT2D eigenvalue weighted by Gasteiger charge is 2.24. The summed E-state index contributed by atoms with van der Waals surface area (Å²) in [5.41, 5.74) is 1.46. The van der Waals surface area contributed by atoms with Crippen LogP contribution in [0.5, 0.6) is 5.88 Å². The second kappa shape index (κ2) is 10.7. The molecule has 1 aromatic carbocycles. The molecule has 0 unspecified atom stereocenters. The Labute approximate surface area is 206 Å². The Balaban J connectivity index is 1.38. The van der Waals surface area contributed by atoms with Crippen LogP contribution in [-0.4, -0.2) is 45.9 Å². The molecule has 176 valence electrons. The number of nitrogens with zero attached hydrogens (tertiary/aromatic N) is 3. The van der Waals surface area contributed by atoms with Crippen LogP contribution in [0.1, 0.15) is 28.1 Å². The molecule has 0 aliphatic carbocycles. The number of halogens is 1. The first-order chi connectivity index (χ1) is 16.4. The molecule has 3 aromatic rings. The summed E-state index contributed by atoms with van der Waals surface area (Å²) in [6.45, 7) is 6.63. The number of anilines is 3. The maximum atomic E-state index is 12.7. The molecule has 0 bridgehead atoms. The van der Waals surface area contributed by atoms with E-state index in [-0.39, 0.29) is 17.9 Å². The first kappa shape index (κ1) is 23.7. The molecular formula is C24H24ClN5O3S. The predicted molar refractivity (Wildman–Crippen MR) is 134 cm³/mol. The van der Waals surface area contributed by atoms with E-state index in [1.165, 1.54) is 23.6 Å². The second-order valence-electron chi connectivity index (χ2n) is 7.77. The van der Waals surface area contributed by atoms with Crippen LogP contribution in [-0.2, 0) is 4.79 Å². The van der Waals surface area contributed by atoms with Gasteiger partial charge in [0.1, 0.15) is 16.8 Å². The van der Waals surface area contributed by atoms with Gasteiger partial charge in [0, 0.05) is 12.6 Å². The number of aromatic nitrogens is 2. The number of piperidine rings is 1. The fraction of sp³-hybridized carbons (Fsp3) is 0.250. The highest BCUT2D eigenvalue weighted by Crippen LogP contribution is 2.28. The molecule has 8 nitrogen and oxygen atoms in total. The molecule has 2 N–H and O–H groups in total. The quantitative estimate of drug-likeness (QED) is 0.443. The van der Waals surface area contributed by atoms with Gasteiger partial charge in [-0.25, -0.2) is 4.98 Å². The van der Waals surface area contributed by atoms with E-state index in [0.29, 0.717) is 45.5 Å². The van der Waals surface area contributed by atoms with Gasteiger partial charge < -0.3 is 20.3 Å². The van der Waals surface area contributed by atoms with Crippen molar-refractivity contribution in [3.8, 4) is 5.88 Å². The van der Waals surface area contributed by atoms with Crippen LogP contribution < -0.4 is 15.4 Å². The maximum Gasteiger partial charge on any atom is 0.267 e. The van der Waals surface area contributed by atoms with Crippen molar-refractivity contribution in [3.05, 3.63) is 70.7 Å². The molecule has 0 radical (unpaired) electrons. The van der Waals surface area contributed by atoms with Crippen molar-refractivity contribution in [2.75, 3.05) is 23.7 Å². The van der Waals surface area contributed by atoms with Crippen molar-refractivity contribution < 1.29 is 14.3 Å². The van der Waals surface area contributed by atoms with E-state index in [1.54, 1.807) is 23.1 Å². The van der Waals surface area contributed by atoms with E-state index in [0.717, 1.165) is 18.4 Å². The molecule has 2 aromatic heterocycles. The third-order valence-corrected chi connectivity index (χ3v) is 6.53.